The highest BCUT2D eigenvalue weighted by molar-refractivity contribution is 8.04. The highest BCUT2D eigenvalue weighted by atomic mass is 32.2. The van der Waals surface area contributed by atoms with Gasteiger partial charge in [0.05, 0.1) is 23.0 Å². The number of allylic oxidation sites excluding steroid dienone is 1. The Labute approximate surface area is 151 Å². The van der Waals surface area contributed by atoms with E-state index < -0.39 is 5.41 Å². The van der Waals surface area contributed by atoms with E-state index in [1.165, 1.54) is 11.8 Å². The monoisotopic (exact) mass is 356 g/mol. The van der Waals surface area contributed by atoms with Gasteiger partial charge < -0.3 is 4.42 Å². The van der Waals surface area contributed by atoms with Crippen LogP contribution in [0.25, 0.3) is 11.5 Å². The highest BCUT2D eigenvalue weighted by Crippen LogP contribution is 2.32. The molecular weight excluding hydrogens is 336 g/mol. The van der Waals surface area contributed by atoms with E-state index in [2.05, 4.69) is 4.98 Å². The number of carbonyl (C=O) groups is 2. The van der Waals surface area contributed by atoms with E-state index >= 15 is 0 Å². The lowest BCUT2D eigenvalue weighted by atomic mass is 9.91. The number of rotatable bonds is 4. The van der Waals surface area contributed by atoms with Crippen molar-refractivity contribution in [2.24, 2.45) is 5.41 Å². The van der Waals surface area contributed by atoms with Gasteiger partial charge >= 0.3 is 0 Å². The molecule has 0 unspecified atom stereocenters. The first-order chi connectivity index (χ1) is 11.8. The van der Waals surface area contributed by atoms with E-state index in [-0.39, 0.29) is 11.7 Å². The number of carbonyl (C=O) groups excluding carboxylic acids is 2. The molecule has 5 nitrogen and oxygen atoms in total. The number of amides is 1. The fraction of sp³-hybridized carbons (Fsp3) is 0.316. The summed E-state index contributed by atoms with van der Waals surface area (Å²) in [7, 11) is 0. The third-order valence-corrected chi connectivity index (χ3v) is 4.82. The molecule has 0 spiro atoms. The van der Waals surface area contributed by atoms with Gasteiger partial charge in [0.25, 0.3) is 0 Å². The average Bonchev–Trinajstić information content (AvgIpc) is 3.17. The minimum absolute atomic E-state index is 0.000160. The maximum atomic E-state index is 12.3. The van der Waals surface area contributed by atoms with Crippen LogP contribution < -0.4 is 0 Å². The summed E-state index contributed by atoms with van der Waals surface area (Å²) in [6.07, 6.45) is 3.12. The summed E-state index contributed by atoms with van der Waals surface area (Å²) in [5, 5.41) is 0.675. The molecule has 25 heavy (non-hydrogen) atoms. The van der Waals surface area contributed by atoms with Crippen molar-refractivity contribution in [3.63, 3.8) is 0 Å². The number of benzene rings is 1. The molecular formula is C19H20N2O3S. The van der Waals surface area contributed by atoms with Crippen molar-refractivity contribution in [3.05, 3.63) is 53.4 Å². The number of nitrogens with zero attached hydrogens (tertiary/aromatic N) is 2. The lowest BCUT2D eigenvalue weighted by molar-refractivity contribution is -0.125. The van der Waals surface area contributed by atoms with Crippen molar-refractivity contribution in [2.75, 3.05) is 5.75 Å². The van der Waals surface area contributed by atoms with Crippen molar-refractivity contribution >= 4 is 23.5 Å². The SMILES string of the molecule is CC(C)(C)C(=O)C=C1SCC(=O)N1Cc1coc(-c2ccccc2)n1. The normalized spacial score (nSPS) is 16.7. The van der Waals surface area contributed by atoms with E-state index in [4.69, 9.17) is 4.42 Å². The molecule has 0 radical (unpaired) electrons. The number of aromatic nitrogens is 1. The number of hydrogen-bond donors (Lipinski definition) is 0. The minimum atomic E-state index is -0.473. The van der Waals surface area contributed by atoms with Crippen LogP contribution in [-0.2, 0) is 16.1 Å². The Balaban J connectivity index is 1.79. The standard InChI is InChI=1S/C19H20N2O3S/c1-19(2,3)15(22)9-17-21(16(23)12-25-17)10-14-11-24-18(20-14)13-7-5-4-6-8-13/h4-9,11H,10,12H2,1-3H3. The Morgan fingerprint density at radius 2 is 2.04 bits per heavy atom. The number of hydrogen-bond acceptors (Lipinski definition) is 5. The first kappa shape index (κ1) is 17.5. The second-order valence-corrected chi connectivity index (χ2v) is 7.87. The van der Waals surface area contributed by atoms with Crippen LogP contribution in [-0.4, -0.2) is 27.3 Å². The molecule has 0 saturated carbocycles. The molecule has 2 heterocycles. The fourth-order valence-corrected chi connectivity index (χ4v) is 3.22. The second-order valence-electron chi connectivity index (χ2n) is 6.88. The predicted molar refractivity (Wildman–Crippen MR) is 97.5 cm³/mol. The van der Waals surface area contributed by atoms with Gasteiger partial charge in [-0.2, -0.15) is 0 Å². The predicted octanol–water partition coefficient (Wildman–Crippen LogP) is 3.87. The summed E-state index contributed by atoms with van der Waals surface area (Å²) < 4.78 is 5.52. The molecule has 1 amide bonds. The molecule has 3 rings (SSSR count). The van der Waals surface area contributed by atoms with Crippen molar-refractivity contribution in [2.45, 2.75) is 27.3 Å². The topological polar surface area (TPSA) is 63.4 Å². The summed E-state index contributed by atoms with van der Waals surface area (Å²) in [6.45, 7) is 5.89. The van der Waals surface area contributed by atoms with Gasteiger partial charge in [0, 0.05) is 17.1 Å². The van der Waals surface area contributed by atoms with Crippen molar-refractivity contribution in [3.8, 4) is 11.5 Å². The molecule has 1 aromatic carbocycles. The van der Waals surface area contributed by atoms with Crippen LogP contribution >= 0.6 is 11.8 Å². The van der Waals surface area contributed by atoms with E-state index in [1.807, 2.05) is 51.1 Å². The van der Waals surface area contributed by atoms with E-state index in [0.29, 0.717) is 28.9 Å². The Bertz CT molecular complexity index is 819. The molecule has 1 fully saturated rings. The summed E-state index contributed by atoms with van der Waals surface area (Å²) in [4.78, 5) is 30.5. The van der Waals surface area contributed by atoms with E-state index in [0.717, 1.165) is 5.56 Å². The van der Waals surface area contributed by atoms with Gasteiger partial charge in [-0.1, -0.05) is 50.7 Å². The van der Waals surface area contributed by atoms with Gasteiger partial charge in [-0.25, -0.2) is 4.98 Å². The van der Waals surface area contributed by atoms with E-state index in [1.54, 1.807) is 17.2 Å². The largest absolute Gasteiger partial charge is 0.444 e. The molecule has 1 aromatic heterocycles. The van der Waals surface area contributed by atoms with Gasteiger partial charge in [0.2, 0.25) is 11.8 Å². The van der Waals surface area contributed by atoms with Crippen LogP contribution in [0.15, 0.2) is 52.1 Å². The summed E-state index contributed by atoms with van der Waals surface area (Å²) in [5.74, 6) is 0.834. The van der Waals surface area contributed by atoms with Crippen LogP contribution in [0.5, 0.6) is 0 Å². The molecule has 1 saturated heterocycles. The van der Waals surface area contributed by atoms with Gasteiger partial charge in [-0.05, 0) is 12.1 Å². The second kappa shape index (κ2) is 6.88. The molecule has 1 aliphatic heterocycles. The van der Waals surface area contributed by atoms with Crippen LogP contribution in [0, 0.1) is 5.41 Å². The molecule has 0 N–H and O–H groups in total. The third kappa shape index (κ3) is 4.02. The lowest BCUT2D eigenvalue weighted by Crippen LogP contribution is -2.26. The number of thioether (sulfide) groups is 1. The zero-order valence-corrected chi connectivity index (χ0v) is 15.3. The Morgan fingerprint density at radius 1 is 1.32 bits per heavy atom. The van der Waals surface area contributed by atoms with E-state index in [9.17, 15) is 9.59 Å². The van der Waals surface area contributed by atoms with Crippen molar-refractivity contribution in [1.82, 2.24) is 9.88 Å². The molecule has 0 atom stereocenters. The third-order valence-electron chi connectivity index (χ3n) is 3.80. The molecule has 0 aliphatic carbocycles. The van der Waals surface area contributed by atoms with Crippen LogP contribution in [0.3, 0.4) is 0 Å². The Morgan fingerprint density at radius 3 is 2.72 bits per heavy atom. The van der Waals surface area contributed by atoms with Gasteiger partial charge in [0.1, 0.15) is 6.26 Å². The Hall–Kier alpha value is -2.34. The van der Waals surface area contributed by atoms with Crippen LogP contribution in [0.4, 0.5) is 0 Å². The zero-order valence-electron chi connectivity index (χ0n) is 14.5. The average molecular weight is 356 g/mol. The Kier molecular flexibility index (Phi) is 4.81. The van der Waals surface area contributed by atoms with Crippen LogP contribution in [0.2, 0.25) is 0 Å². The maximum Gasteiger partial charge on any atom is 0.238 e. The maximum absolute atomic E-state index is 12.3. The smallest absolute Gasteiger partial charge is 0.238 e. The first-order valence-electron chi connectivity index (χ1n) is 8.04. The fourth-order valence-electron chi connectivity index (χ4n) is 2.28. The number of oxazole rings is 1. The first-order valence-corrected chi connectivity index (χ1v) is 9.02. The molecule has 130 valence electrons. The minimum Gasteiger partial charge on any atom is -0.444 e. The summed E-state index contributed by atoms with van der Waals surface area (Å²) in [6, 6.07) is 9.59. The van der Waals surface area contributed by atoms with Gasteiger partial charge in [-0.3, -0.25) is 14.5 Å². The quantitative estimate of drug-likeness (QED) is 0.778. The lowest BCUT2D eigenvalue weighted by Gasteiger charge is -2.18. The highest BCUT2D eigenvalue weighted by Gasteiger charge is 2.30. The molecule has 0 bridgehead atoms. The number of ketones is 1. The van der Waals surface area contributed by atoms with Gasteiger partial charge in [-0.15, -0.1) is 0 Å². The van der Waals surface area contributed by atoms with Crippen molar-refractivity contribution in [1.29, 1.82) is 0 Å². The van der Waals surface area contributed by atoms with Crippen LogP contribution in [0.1, 0.15) is 26.5 Å². The molecule has 1 aliphatic rings. The summed E-state index contributed by atoms with van der Waals surface area (Å²) in [5.41, 5.74) is 1.07. The van der Waals surface area contributed by atoms with Gasteiger partial charge in [0.15, 0.2) is 5.78 Å². The molecule has 6 heteroatoms. The zero-order chi connectivity index (χ0) is 18.0. The summed E-state index contributed by atoms with van der Waals surface area (Å²) >= 11 is 1.38. The van der Waals surface area contributed by atoms with Crippen molar-refractivity contribution < 1.29 is 14.0 Å². The molecule has 2 aromatic rings.